The molecule has 0 amide bonds. The van der Waals surface area contributed by atoms with E-state index in [1.165, 1.54) is 80.2 Å². The van der Waals surface area contributed by atoms with E-state index in [-0.39, 0.29) is 0 Å². The van der Waals surface area contributed by atoms with Crippen LogP contribution >= 0.6 is 11.3 Å². The SMILES string of the molecule is c1ccc2cc(-n3c4ccccc4c4cc5c(cc43)sc3ccc4c6ccccc6[nH]c4c35)ccc2c1. The Bertz CT molecular complexity index is 2360. The summed E-state index contributed by atoms with van der Waals surface area (Å²) in [7, 11) is 0. The van der Waals surface area contributed by atoms with Crippen LogP contribution in [0.3, 0.4) is 0 Å². The van der Waals surface area contributed by atoms with Crippen molar-refractivity contribution in [3.05, 3.63) is 115 Å². The summed E-state index contributed by atoms with van der Waals surface area (Å²) in [6.45, 7) is 0. The molecule has 0 radical (unpaired) electrons. The van der Waals surface area contributed by atoms with Crippen molar-refractivity contribution in [2.75, 3.05) is 0 Å². The minimum Gasteiger partial charge on any atom is -0.354 e. The molecule has 0 aliphatic heterocycles. The number of nitrogens with zero attached hydrogens (tertiary/aromatic N) is 1. The molecule has 0 saturated heterocycles. The number of fused-ring (bicyclic) bond motifs is 11. The molecule has 0 spiro atoms. The van der Waals surface area contributed by atoms with E-state index in [1.807, 2.05) is 11.3 Å². The number of hydrogen-bond donors (Lipinski definition) is 1. The minimum absolute atomic E-state index is 1.19. The molecule has 1 N–H and O–H groups in total. The lowest BCUT2D eigenvalue weighted by Crippen LogP contribution is -1.93. The quantitative estimate of drug-likeness (QED) is 0.237. The Hall–Kier alpha value is -4.60. The Labute approximate surface area is 216 Å². The summed E-state index contributed by atoms with van der Waals surface area (Å²) in [5.41, 5.74) is 6.12. The number of hydrogen-bond acceptors (Lipinski definition) is 1. The second-order valence-corrected chi connectivity index (χ2v) is 11.0. The summed E-state index contributed by atoms with van der Waals surface area (Å²) in [6, 6.07) is 42.2. The normalized spacial score (nSPS) is 12.3. The maximum absolute atomic E-state index is 3.73. The third kappa shape index (κ3) is 2.59. The van der Waals surface area contributed by atoms with Gasteiger partial charge in [0.1, 0.15) is 0 Å². The van der Waals surface area contributed by atoms with E-state index < -0.39 is 0 Å². The standard InChI is InChI=1S/C34H20N2S/c1-2-8-21-17-22(14-13-20(21)7-1)36-29-12-6-4-10-24(29)26-18-27-32(19-30(26)36)37-31-16-15-25-23-9-3-5-11-28(23)35-34(25)33(27)31/h1-19,35H. The lowest BCUT2D eigenvalue weighted by atomic mass is 10.1. The summed E-state index contributed by atoms with van der Waals surface area (Å²) in [5, 5.41) is 10.3. The molecule has 0 aliphatic carbocycles. The molecule has 9 rings (SSSR count). The number of H-pyrrole nitrogens is 1. The Kier molecular flexibility index (Phi) is 3.70. The van der Waals surface area contributed by atoms with Crippen molar-refractivity contribution in [1.29, 1.82) is 0 Å². The molecular weight excluding hydrogens is 468 g/mol. The number of rotatable bonds is 1. The Morgan fingerprint density at radius 3 is 2.27 bits per heavy atom. The van der Waals surface area contributed by atoms with Gasteiger partial charge in [-0.15, -0.1) is 11.3 Å². The molecule has 172 valence electrons. The first-order valence-corrected chi connectivity index (χ1v) is 13.4. The van der Waals surface area contributed by atoms with Gasteiger partial charge in [0.25, 0.3) is 0 Å². The maximum Gasteiger partial charge on any atom is 0.0559 e. The molecule has 9 aromatic rings. The van der Waals surface area contributed by atoms with Gasteiger partial charge in [-0.25, -0.2) is 0 Å². The number of para-hydroxylation sites is 2. The third-order valence-corrected chi connectivity index (χ3v) is 9.02. The predicted octanol–water partition coefficient (Wildman–Crippen LogP) is 9.94. The first-order valence-electron chi connectivity index (χ1n) is 12.6. The van der Waals surface area contributed by atoms with Crippen LogP contribution < -0.4 is 0 Å². The van der Waals surface area contributed by atoms with E-state index >= 15 is 0 Å². The minimum atomic E-state index is 1.19. The van der Waals surface area contributed by atoms with Crippen molar-refractivity contribution in [2.45, 2.75) is 0 Å². The molecule has 3 heteroatoms. The van der Waals surface area contributed by atoms with Gasteiger partial charge in [-0.3, -0.25) is 0 Å². The molecule has 0 atom stereocenters. The zero-order valence-electron chi connectivity index (χ0n) is 19.8. The van der Waals surface area contributed by atoms with Crippen molar-refractivity contribution in [2.24, 2.45) is 0 Å². The third-order valence-electron chi connectivity index (χ3n) is 7.90. The average Bonchev–Trinajstić information content (AvgIpc) is 3.60. The number of aromatic amines is 1. The van der Waals surface area contributed by atoms with E-state index in [1.54, 1.807) is 0 Å². The lowest BCUT2D eigenvalue weighted by molar-refractivity contribution is 1.19. The summed E-state index contributed by atoms with van der Waals surface area (Å²) in [6.07, 6.45) is 0. The molecule has 3 aromatic heterocycles. The average molecular weight is 489 g/mol. The zero-order valence-corrected chi connectivity index (χ0v) is 20.6. The van der Waals surface area contributed by atoms with Gasteiger partial charge in [0.2, 0.25) is 0 Å². The van der Waals surface area contributed by atoms with Crippen LogP contribution in [0.4, 0.5) is 0 Å². The van der Waals surface area contributed by atoms with Gasteiger partial charge in [0.15, 0.2) is 0 Å². The largest absolute Gasteiger partial charge is 0.354 e. The van der Waals surface area contributed by atoms with Crippen LogP contribution in [0.2, 0.25) is 0 Å². The van der Waals surface area contributed by atoms with E-state index in [9.17, 15) is 0 Å². The van der Waals surface area contributed by atoms with Crippen LogP contribution in [-0.2, 0) is 0 Å². The Morgan fingerprint density at radius 1 is 0.514 bits per heavy atom. The van der Waals surface area contributed by atoms with Crippen LogP contribution in [-0.4, -0.2) is 9.55 Å². The molecule has 3 heterocycles. The van der Waals surface area contributed by atoms with Gasteiger partial charge in [-0.05, 0) is 53.2 Å². The monoisotopic (exact) mass is 488 g/mol. The van der Waals surface area contributed by atoms with Gasteiger partial charge in [0, 0.05) is 52.9 Å². The lowest BCUT2D eigenvalue weighted by Gasteiger charge is -2.09. The molecule has 0 fully saturated rings. The van der Waals surface area contributed by atoms with Crippen molar-refractivity contribution in [3.63, 3.8) is 0 Å². The maximum atomic E-state index is 3.73. The van der Waals surface area contributed by atoms with Crippen LogP contribution in [0, 0.1) is 0 Å². The van der Waals surface area contributed by atoms with Crippen molar-refractivity contribution in [1.82, 2.24) is 9.55 Å². The van der Waals surface area contributed by atoms with Gasteiger partial charge < -0.3 is 9.55 Å². The number of benzene rings is 6. The highest BCUT2D eigenvalue weighted by Gasteiger charge is 2.17. The fourth-order valence-corrected chi connectivity index (χ4v) is 7.37. The van der Waals surface area contributed by atoms with Gasteiger partial charge >= 0.3 is 0 Å². The molecule has 2 nitrogen and oxygen atoms in total. The zero-order chi connectivity index (χ0) is 24.1. The van der Waals surface area contributed by atoms with E-state index in [0.29, 0.717) is 0 Å². The van der Waals surface area contributed by atoms with E-state index in [4.69, 9.17) is 0 Å². The van der Waals surface area contributed by atoms with E-state index in [2.05, 4.69) is 125 Å². The molecule has 0 unspecified atom stereocenters. The Balaban J connectivity index is 1.43. The van der Waals surface area contributed by atoms with Gasteiger partial charge in [-0.2, -0.15) is 0 Å². The van der Waals surface area contributed by atoms with E-state index in [0.717, 1.165) is 0 Å². The highest BCUT2D eigenvalue weighted by atomic mass is 32.1. The van der Waals surface area contributed by atoms with Gasteiger partial charge in [-0.1, -0.05) is 72.8 Å². The van der Waals surface area contributed by atoms with Crippen LogP contribution in [0.5, 0.6) is 0 Å². The van der Waals surface area contributed by atoms with Crippen molar-refractivity contribution < 1.29 is 0 Å². The second-order valence-electron chi connectivity index (χ2n) is 9.88. The van der Waals surface area contributed by atoms with Crippen LogP contribution in [0.15, 0.2) is 115 Å². The highest BCUT2D eigenvalue weighted by Crippen LogP contribution is 2.44. The smallest absolute Gasteiger partial charge is 0.0559 e. The van der Waals surface area contributed by atoms with Crippen molar-refractivity contribution in [3.8, 4) is 5.69 Å². The first kappa shape index (κ1) is 19.6. The molecule has 0 aliphatic rings. The highest BCUT2D eigenvalue weighted by molar-refractivity contribution is 7.26. The summed E-state index contributed by atoms with van der Waals surface area (Å²) >= 11 is 1.88. The summed E-state index contributed by atoms with van der Waals surface area (Å²) < 4.78 is 5.07. The molecule has 6 aromatic carbocycles. The molecule has 37 heavy (non-hydrogen) atoms. The molecular formula is C34H20N2S. The predicted molar refractivity (Wildman–Crippen MR) is 161 cm³/mol. The fourth-order valence-electron chi connectivity index (χ4n) is 6.24. The molecule has 0 bridgehead atoms. The topological polar surface area (TPSA) is 20.7 Å². The number of thiophene rings is 1. The first-order chi connectivity index (χ1) is 18.3. The number of aromatic nitrogens is 2. The summed E-state index contributed by atoms with van der Waals surface area (Å²) in [5.74, 6) is 0. The van der Waals surface area contributed by atoms with Crippen LogP contribution in [0.25, 0.3) is 80.2 Å². The number of nitrogens with one attached hydrogen (secondary N) is 1. The van der Waals surface area contributed by atoms with Crippen molar-refractivity contribution >= 4 is 85.9 Å². The van der Waals surface area contributed by atoms with Gasteiger partial charge in [0.05, 0.1) is 16.6 Å². The fraction of sp³-hybridized carbons (Fsp3) is 0. The summed E-state index contributed by atoms with van der Waals surface area (Å²) in [4.78, 5) is 3.73. The van der Waals surface area contributed by atoms with Crippen LogP contribution in [0.1, 0.15) is 0 Å². The molecule has 0 saturated carbocycles. The Morgan fingerprint density at radius 2 is 1.32 bits per heavy atom. The second kappa shape index (κ2) is 7.00.